The molecule has 0 aliphatic carbocycles. The van der Waals surface area contributed by atoms with E-state index in [0.717, 1.165) is 6.92 Å². The topological polar surface area (TPSA) is 152 Å². The maximum atomic E-state index is 13.2. The van der Waals surface area contributed by atoms with Gasteiger partial charge in [-0.05, 0) is 36.4 Å². The minimum Gasteiger partial charge on any atom is -0.497 e. The lowest BCUT2D eigenvalue weighted by atomic mass is 10.00. The molecule has 0 saturated heterocycles. The smallest absolute Gasteiger partial charge is 0.347 e. The lowest BCUT2D eigenvalue weighted by molar-refractivity contribution is -0.140. The summed E-state index contributed by atoms with van der Waals surface area (Å²) in [6.07, 6.45) is 0. The summed E-state index contributed by atoms with van der Waals surface area (Å²) in [6.45, 7) is 0.992. The van der Waals surface area contributed by atoms with Crippen LogP contribution in [0.5, 0.6) is 11.5 Å². The van der Waals surface area contributed by atoms with Crippen molar-refractivity contribution in [3.8, 4) is 11.5 Å². The van der Waals surface area contributed by atoms with E-state index in [1.807, 2.05) is 0 Å². The Hall–Kier alpha value is -5.06. The Morgan fingerprint density at radius 3 is 1.56 bits per heavy atom. The summed E-state index contributed by atoms with van der Waals surface area (Å²) in [5, 5.41) is 4.03. The summed E-state index contributed by atoms with van der Waals surface area (Å²) < 4.78 is 20.6. The van der Waals surface area contributed by atoms with Gasteiger partial charge in [-0.3, -0.25) is 9.59 Å². The Morgan fingerprint density at radius 1 is 0.722 bits per heavy atom. The molecule has 0 atom stereocenters. The summed E-state index contributed by atoms with van der Waals surface area (Å²) in [7, 11) is 2.86. The fourth-order valence-corrected chi connectivity index (χ4v) is 3.30. The molecule has 2 aromatic carbocycles. The van der Waals surface area contributed by atoms with Gasteiger partial charge in [-0.2, -0.15) is 0 Å². The highest BCUT2D eigenvalue weighted by Gasteiger charge is 2.30. The summed E-state index contributed by atoms with van der Waals surface area (Å²) in [5.74, 6) is -2.55. The highest BCUT2D eigenvalue weighted by atomic mass is 16.7. The molecule has 182 valence electrons. The Balaban J connectivity index is 1.82. The van der Waals surface area contributed by atoms with Crippen LogP contribution in [-0.4, -0.2) is 37.5 Å². The van der Waals surface area contributed by atoms with Gasteiger partial charge in [0.1, 0.15) is 33.8 Å². The van der Waals surface area contributed by atoms with Gasteiger partial charge in [-0.15, -0.1) is 0 Å². The van der Waals surface area contributed by atoms with Crippen molar-refractivity contribution in [2.24, 2.45) is 5.16 Å². The molecule has 0 aliphatic rings. The first-order valence-corrected chi connectivity index (χ1v) is 10.3. The number of fused-ring (bicyclic) bond motifs is 2. The summed E-state index contributed by atoms with van der Waals surface area (Å²) in [6, 6.07) is 11.5. The standard InChI is InChI=1S/C25H17NO10/c1-12(27)36-26-21(22(28)17-8-13-4-6-15(32-2)10-19(13)34-24(17)30)23(29)18-9-14-5-7-16(33-3)11-20(14)35-25(18)31/h4-11H,1-3H3. The Morgan fingerprint density at radius 2 is 1.17 bits per heavy atom. The van der Waals surface area contributed by atoms with Crippen molar-refractivity contribution in [3.63, 3.8) is 0 Å². The minimum absolute atomic E-state index is 0.131. The second-order valence-corrected chi connectivity index (χ2v) is 7.38. The van der Waals surface area contributed by atoms with Crippen LogP contribution >= 0.6 is 0 Å². The number of rotatable bonds is 7. The number of methoxy groups -OCH3 is 2. The molecule has 4 aromatic rings. The maximum absolute atomic E-state index is 13.2. The van der Waals surface area contributed by atoms with Crippen molar-refractivity contribution >= 4 is 45.2 Å². The van der Waals surface area contributed by atoms with Crippen molar-refractivity contribution in [3.05, 3.63) is 80.5 Å². The van der Waals surface area contributed by atoms with Gasteiger partial charge in [-0.25, -0.2) is 14.4 Å². The zero-order valence-electron chi connectivity index (χ0n) is 19.1. The molecule has 36 heavy (non-hydrogen) atoms. The zero-order valence-corrected chi connectivity index (χ0v) is 19.1. The second-order valence-electron chi connectivity index (χ2n) is 7.38. The highest BCUT2D eigenvalue weighted by molar-refractivity contribution is 6.71. The maximum Gasteiger partial charge on any atom is 0.347 e. The van der Waals surface area contributed by atoms with Crippen LogP contribution in [0.1, 0.15) is 27.6 Å². The molecule has 0 unspecified atom stereocenters. The molecule has 4 rings (SSSR count). The molecule has 2 aromatic heterocycles. The number of carbonyl (C=O) groups is 3. The summed E-state index contributed by atoms with van der Waals surface area (Å²) in [4.78, 5) is 67.5. The fourth-order valence-electron chi connectivity index (χ4n) is 3.30. The van der Waals surface area contributed by atoms with Gasteiger partial charge in [0.25, 0.3) is 0 Å². The predicted octanol–water partition coefficient (Wildman–Crippen LogP) is 2.90. The molecule has 11 heteroatoms. The Labute approximate surface area is 201 Å². The van der Waals surface area contributed by atoms with E-state index in [-0.39, 0.29) is 11.2 Å². The van der Waals surface area contributed by atoms with E-state index < -0.39 is 45.6 Å². The number of hydrogen-bond donors (Lipinski definition) is 0. The fraction of sp³-hybridized carbons (Fsp3) is 0.120. The third kappa shape index (κ3) is 4.62. The van der Waals surface area contributed by atoms with Gasteiger partial charge >= 0.3 is 17.2 Å². The largest absolute Gasteiger partial charge is 0.497 e. The first-order valence-electron chi connectivity index (χ1n) is 10.3. The second kappa shape index (κ2) is 9.66. The monoisotopic (exact) mass is 491 g/mol. The quantitative estimate of drug-likeness (QED) is 0.0942. The molecular formula is C25H17NO10. The minimum atomic E-state index is -1.22. The van der Waals surface area contributed by atoms with Gasteiger partial charge in [0.05, 0.1) is 14.2 Å². The van der Waals surface area contributed by atoms with Gasteiger partial charge in [0.2, 0.25) is 11.6 Å². The first kappa shape index (κ1) is 24.1. The van der Waals surface area contributed by atoms with E-state index in [4.69, 9.17) is 18.3 Å². The number of nitrogens with zero attached hydrogens (tertiary/aromatic N) is 1. The number of oxime groups is 1. The molecule has 0 bridgehead atoms. The number of benzene rings is 2. The van der Waals surface area contributed by atoms with Gasteiger partial charge in [0.15, 0.2) is 5.71 Å². The van der Waals surface area contributed by atoms with E-state index >= 15 is 0 Å². The van der Waals surface area contributed by atoms with E-state index in [0.29, 0.717) is 22.3 Å². The Bertz CT molecular complexity index is 1580. The van der Waals surface area contributed by atoms with Crippen LogP contribution in [0, 0.1) is 0 Å². The molecule has 0 fully saturated rings. The number of hydrogen-bond acceptors (Lipinski definition) is 11. The predicted molar refractivity (Wildman–Crippen MR) is 126 cm³/mol. The van der Waals surface area contributed by atoms with Crippen molar-refractivity contribution in [1.82, 2.24) is 0 Å². The third-order valence-electron chi connectivity index (χ3n) is 5.07. The van der Waals surface area contributed by atoms with Crippen LogP contribution in [0.25, 0.3) is 21.9 Å². The van der Waals surface area contributed by atoms with Gasteiger partial charge in [-0.1, -0.05) is 5.16 Å². The van der Waals surface area contributed by atoms with Crippen molar-refractivity contribution in [1.29, 1.82) is 0 Å². The van der Waals surface area contributed by atoms with E-state index in [1.165, 1.54) is 50.6 Å². The van der Waals surface area contributed by atoms with Crippen molar-refractivity contribution < 1.29 is 37.5 Å². The van der Waals surface area contributed by atoms with Crippen LogP contribution < -0.4 is 20.7 Å². The zero-order chi connectivity index (χ0) is 26.0. The molecule has 0 radical (unpaired) electrons. The number of carbonyl (C=O) groups excluding carboxylic acids is 3. The average Bonchev–Trinajstić information content (AvgIpc) is 2.86. The molecule has 2 heterocycles. The highest BCUT2D eigenvalue weighted by Crippen LogP contribution is 2.22. The van der Waals surface area contributed by atoms with Crippen LogP contribution in [0.3, 0.4) is 0 Å². The molecule has 11 nitrogen and oxygen atoms in total. The third-order valence-corrected chi connectivity index (χ3v) is 5.07. The first-order chi connectivity index (χ1) is 17.2. The molecule has 0 N–H and O–H groups in total. The van der Waals surface area contributed by atoms with E-state index in [9.17, 15) is 24.0 Å². The van der Waals surface area contributed by atoms with Crippen LogP contribution in [-0.2, 0) is 9.63 Å². The van der Waals surface area contributed by atoms with E-state index in [1.54, 1.807) is 12.1 Å². The van der Waals surface area contributed by atoms with Gasteiger partial charge < -0.3 is 23.1 Å². The average molecular weight is 491 g/mol. The Kier molecular flexibility index (Phi) is 6.46. The van der Waals surface area contributed by atoms with Crippen LogP contribution in [0.4, 0.5) is 0 Å². The molecule has 0 spiro atoms. The van der Waals surface area contributed by atoms with Crippen molar-refractivity contribution in [2.45, 2.75) is 6.92 Å². The molecule has 0 aliphatic heterocycles. The molecule has 0 amide bonds. The van der Waals surface area contributed by atoms with Crippen molar-refractivity contribution in [2.75, 3.05) is 14.2 Å². The van der Waals surface area contributed by atoms with Crippen LogP contribution in [0.15, 0.2) is 72.1 Å². The summed E-state index contributed by atoms with van der Waals surface area (Å²) >= 11 is 0. The SMILES string of the molecule is COc1ccc2cc(C(=O)C(=NOC(C)=O)C(=O)c3cc4ccc(OC)cc4oc3=O)c(=O)oc2c1. The number of Topliss-reactive ketones (excluding diaryl/α,β-unsaturated/α-hetero) is 2. The molecular weight excluding hydrogens is 474 g/mol. The lowest BCUT2D eigenvalue weighted by Crippen LogP contribution is -2.31. The normalized spacial score (nSPS) is 10.6. The van der Waals surface area contributed by atoms with Gasteiger partial charge in [0, 0.05) is 29.8 Å². The summed E-state index contributed by atoms with van der Waals surface area (Å²) in [5.41, 5.74) is -4.03. The number of ether oxygens (including phenoxy) is 2. The number of ketones is 2. The van der Waals surface area contributed by atoms with E-state index in [2.05, 4.69) is 9.99 Å². The van der Waals surface area contributed by atoms with Crippen LogP contribution in [0.2, 0.25) is 0 Å². The lowest BCUT2D eigenvalue weighted by Gasteiger charge is -2.07. The molecule has 0 saturated carbocycles.